The van der Waals surface area contributed by atoms with Crippen molar-refractivity contribution in [3.8, 4) is 0 Å². The van der Waals surface area contributed by atoms with E-state index in [-0.39, 0.29) is 0 Å². The van der Waals surface area contributed by atoms with E-state index in [0.717, 1.165) is 17.8 Å². The van der Waals surface area contributed by atoms with Crippen LogP contribution in [0.3, 0.4) is 0 Å². The topological polar surface area (TPSA) is 148 Å². The van der Waals surface area contributed by atoms with Gasteiger partial charge in [0.25, 0.3) is 5.56 Å². The smallest absolute Gasteiger partial charge is 0.333 e. The Hall–Kier alpha value is -1.98. The van der Waals surface area contributed by atoms with Gasteiger partial charge in [-0.3, -0.25) is 9.36 Å². The molecule has 1 unspecified atom stereocenters. The predicted molar refractivity (Wildman–Crippen MR) is 65.8 cm³/mol. The number of rotatable bonds is 5. The third kappa shape index (κ3) is 3.12. The van der Waals surface area contributed by atoms with Crippen LogP contribution < -0.4 is 16.0 Å². The molecule has 1 aromatic heterocycles. The van der Waals surface area contributed by atoms with Crippen LogP contribution >= 0.6 is 0 Å². The lowest BCUT2D eigenvalue weighted by Crippen LogP contribution is -2.43. The Morgan fingerprint density at radius 1 is 1.40 bits per heavy atom. The van der Waals surface area contributed by atoms with Gasteiger partial charge in [0, 0.05) is 26.8 Å². The SMILES string of the molecule is Cn1cc(S(=O)(=O)NCC(O)C(=O)O)c(=O)n(C)c1=O. The van der Waals surface area contributed by atoms with Gasteiger partial charge in [-0.05, 0) is 0 Å². The Kier molecular flexibility index (Phi) is 4.47. The molecule has 0 aromatic carbocycles. The molecule has 10 nitrogen and oxygen atoms in total. The second kappa shape index (κ2) is 5.56. The first-order chi connectivity index (χ1) is 9.08. The zero-order chi connectivity index (χ0) is 15.7. The second-order valence-electron chi connectivity index (χ2n) is 3.96. The summed E-state index contributed by atoms with van der Waals surface area (Å²) in [4.78, 5) is 32.8. The third-order valence-electron chi connectivity index (χ3n) is 2.46. The summed E-state index contributed by atoms with van der Waals surface area (Å²) in [5.41, 5.74) is -1.76. The fraction of sp³-hybridized carbons (Fsp3) is 0.444. The minimum Gasteiger partial charge on any atom is -0.479 e. The maximum absolute atomic E-state index is 11.9. The highest BCUT2D eigenvalue weighted by atomic mass is 32.2. The van der Waals surface area contributed by atoms with Crippen LogP contribution in [0.5, 0.6) is 0 Å². The molecule has 0 saturated heterocycles. The molecule has 0 bridgehead atoms. The van der Waals surface area contributed by atoms with E-state index in [1.807, 2.05) is 0 Å². The van der Waals surface area contributed by atoms with E-state index in [9.17, 15) is 22.8 Å². The maximum Gasteiger partial charge on any atom is 0.333 e. The second-order valence-corrected chi connectivity index (χ2v) is 5.69. The van der Waals surface area contributed by atoms with E-state index in [1.54, 1.807) is 4.72 Å². The Balaban J connectivity index is 3.21. The van der Waals surface area contributed by atoms with Crippen molar-refractivity contribution in [1.29, 1.82) is 0 Å². The van der Waals surface area contributed by atoms with Crippen molar-refractivity contribution < 1.29 is 23.4 Å². The molecule has 1 aromatic rings. The lowest BCUT2D eigenvalue weighted by Gasteiger charge is -2.10. The van der Waals surface area contributed by atoms with E-state index in [0.29, 0.717) is 4.57 Å². The third-order valence-corrected chi connectivity index (χ3v) is 3.86. The molecule has 0 aliphatic heterocycles. The molecule has 0 aliphatic carbocycles. The molecule has 0 amide bonds. The van der Waals surface area contributed by atoms with Gasteiger partial charge in [0.05, 0.1) is 0 Å². The van der Waals surface area contributed by atoms with Crippen molar-refractivity contribution in [2.75, 3.05) is 6.54 Å². The number of carboxylic acid groups (broad SMARTS) is 1. The molecule has 112 valence electrons. The van der Waals surface area contributed by atoms with Crippen LogP contribution in [0.4, 0.5) is 0 Å². The number of nitrogens with one attached hydrogen (secondary N) is 1. The molecule has 0 radical (unpaired) electrons. The first kappa shape index (κ1) is 16.1. The summed E-state index contributed by atoms with van der Waals surface area (Å²) in [5, 5.41) is 17.4. The van der Waals surface area contributed by atoms with Crippen LogP contribution in [0.25, 0.3) is 0 Å². The number of sulfonamides is 1. The van der Waals surface area contributed by atoms with E-state index < -0.39 is 44.8 Å². The highest BCUT2D eigenvalue weighted by Crippen LogP contribution is 2.00. The number of aryl methyl sites for hydroxylation is 1. The zero-order valence-electron chi connectivity index (χ0n) is 10.6. The molecule has 0 aliphatic rings. The van der Waals surface area contributed by atoms with Crippen LogP contribution in [0.2, 0.25) is 0 Å². The van der Waals surface area contributed by atoms with Gasteiger partial charge in [-0.15, -0.1) is 0 Å². The van der Waals surface area contributed by atoms with Gasteiger partial charge in [0.1, 0.15) is 0 Å². The summed E-state index contributed by atoms with van der Waals surface area (Å²) in [7, 11) is -1.98. The molecule has 0 saturated carbocycles. The monoisotopic (exact) mass is 307 g/mol. The van der Waals surface area contributed by atoms with Crippen molar-refractivity contribution in [3.05, 3.63) is 27.0 Å². The number of carbonyl (C=O) groups is 1. The van der Waals surface area contributed by atoms with Crippen LogP contribution in [-0.2, 0) is 28.9 Å². The van der Waals surface area contributed by atoms with Crippen LogP contribution in [0.15, 0.2) is 20.7 Å². The summed E-state index contributed by atoms with van der Waals surface area (Å²) < 4.78 is 27.0. The van der Waals surface area contributed by atoms with Crippen LogP contribution in [0.1, 0.15) is 0 Å². The first-order valence-electron chi connectivity index (χ1n) is 5.25. The number of aromatic nitrogens is 2. The zero-order valence-corrected chi connectivity index (χ0v) is 11.4. The summed E-state index contributed by atoms with van der Waals surface area (Å²) in [6, 6.07) is 0. The van der Waals surface area contributed by atoms with Gasteiger partial charge in [-0.1, -0.05) is 0 Å². The fourth-order valence-electron chi connectivity index (χ4n) is 1.31. The number of aliphatic carboxylic acids is 1. The van der Waals surface area contributed by atoms with Crippen molar-refractivity contribution in [3.63, 3.8) is 0 Å². The van der Waals surface area contributed by atoms with E-state index in [2.05, 4.69) is 0 Å². The number of nitrogens with zero attached hydrogens (tertiary/aromatic N) is 2. The summed E-state index contributed by atoms with van der Waals surface area (Å²) >= 11 is 0. The van der Waals surface area contributed by atoms with Gasteiger partial charge >= 0.3 is 11.7 Å². The predicted octanol–water partition coefficient (Wildman–Crippen LogP) is -3.19. The number of hydrogen-bond donors (Lipinski definition) is 3. The van der Waals surface area contributed by atoms with Gasteiger partial charge in [-0.25, -0.2) is 22.7 Å². The average molecular weight is 307 g/mol. The van der Waals surface area contributed by atoms with Crippen molar-refractivity contribution in [2.24, 2.45) is 14.1 Å². The highest BCUT2D eigenvalue weighted by molar-refractivity contribution is 7.89. The normalized spacial score (nSPS) is 13.2. The van der Waals surface area contributed by atoms with Crippen LogP contribution in [0, 0.1) is 0 Å². The Morgan fingerprint density at radius 3 is 2.45 bits per heavy atom. The number of aliphatic hydroxyl groups excluding tert-OH is 1. The first-order valence-corrected chi connectivity index (χ1v) is 6.73. The highest BCUT2D eigenvalue weighted by Gasteiger charge is 2.23. The maximum atomic E-state index is 11.9. The molecule has 20 heavy (non-hydrogen) atoms. The lowest BCUT2D eigenvalue weighted by atomic mass is 10.4. The molecule has 0 fully saturated rings. The van der Waals surface area contributed by atoms with Gasteiger partial charge < -0.3 is 14.8 Å². The van der Waals surface area contributed by atoms with Gasteiger partial charge in [0.2, 0.25) is 10.0 Å². The molecule has 1 heterocycles. The standard InChI is InChI=1S/C9H13N3O7S/c1-11-4-6(7(14)12(2)9(11)17)20(18,19)10-3-5(13)8(15)16/h4-5,10,13H,3H2,1-2H3,(H,15,16). The molecule has 11 heteroatoms. The Bertz CT molecular complexity index is 746. The molecule has 0 spiro atoms. The van der Waals surface area contributed by atoms with Crippen molar-refractivity contribution in [2.45, 2.75) is 11.0 Å². The largest absolute Gasteiger partial charge is 0.479 e. The molecular weight excluding hydrogens is 294 g/mol. The number of carboxylic acids is 1. The van der Waals surface area contributed by atoms with Crippen molar-refractivity contribution >= 4 is 16.0 Å². The minimum atomic E-state index is -4.35. The quantitative estimate of drug-likeness (QED) is 0.519. The van der Waals surface area contributed by atoms with E-state index >= 15 is 0 Å². The van der Waals surface area contributed by atoms with Crippen LogP contribution in [-0.4, -0.2) is 46.4 Å². The van der Waals surface area contributed by atoms with Gasteiger partial charge in [-0.2, -0.15) is 0 Å². The number of hydrogen-bond acceptors (Lipinski definition) is 6. The Morgan fingerprint density at radius 2 is 1.95 bits per heavy atom. The van der Waals surface area contributed by atoms with E-state index in [1.165, 1.54) is 7.05 Å². The van der Waals surface area contributed by atoms with E-state index in [4.69, 9.17) is 10.2 Å². The molecule has 1 rings (SSSR count). The fourth-order valence-corrected chi connectivity index (χ4v) is 2.51. The average Bonchev–Trinajstić information content (AvgIpc) is 2.37. The summed E-state index contributed by atoms with van der Waals surface area (Å²) in [6.45, 7) is -0.802. The summed E-state index contributed by atoms with van der Waals surface area (Å²) in [5.74, 6) is -1.61. The van der Waals surface area contributed by atoms with Gasteiger partial charge in [0.15, 0.2) is 11.0 Å². The lowest BCUT2D eigenvalue weighted by molar-refractivity contribution is -0.146. The number of aliphatic hydroxyl groups is 1. The Labute approximate surface area is 112 Å². The molecular formula is C9H13N3O7S. The summed E-state index contributed by atoms with van der Waals surface area (Å²) in [6.07, 6.45) is -1.12. The molecule has 1 atom stereocenters. The minimum absolute atomic E-state index is 0.599. The molecule has 3 N–H and O–H groups in total. The van der Waals surface area contributed by atoms with Crippen molar-refractivity contribution in [1.82, 2.24) is 13.9 Å².